The Hall–Kier alpha value is -1.48. The van der Waals surface area contributed by atoms with Crippen LogP contribution in [-0.2, 0) is 23.3 Å². The number of aromatic carboxylic acids is 1. The van der Waals surface area contributed by atoms with Gasteiger partial charge in [-0.05, 0) is 42.5 Å². The third-order valence-electron chi connectivity index (χ3n) is 5.06. The maximum absolute atomic E-state index is 14.2. The van der Waals surface area contributed by atoms with Crippen LogP contribution >= 0.6 is 46.1 Å². The Balaban J connectivity index is 1.79. The summed E-state index contributed by atoms with van der Waals surface area (Å²) in [4.78, 5) is 17.1. The molecule has 0 saturated carbocycles. The zero-order valence-corrected chi connectivity index (χ0v) is 17.5. The van der Waals surface area contributed by atoms with Gasteiger partial charge in [0.05, 0.1) is 26.4 Å². The van der Waals surface area contributed by atoms with Gasteiger partial charge >= 0.3 is 12.1 Å². The minimum absolute atomic E-state index is 0.0557. The van der Waals surface area contributed by atoms with Crippen molar-refractivity contribution in [2.75, 3.05) is 0 Å². The number of carboxylic acids is 1. The molecular weight excluding hydrogens is 474 g/mol. The van der Waals surface area contributed by atoms with E-state index in [4.69, 9.17) is 39.6 Å². The largest absolute Gasteiger partial charge is 0.477 e. The molecule has 1 unspecified atom stereocenters. The molecule has 1 aliphatic carbocycles. The lowest BCUT2D eigenvalue weighted by Gasteiger charge is -2.29. The predicted molar refractivity (Wildman–Crippen MR) is 105 cm³/mol. The number of halogens is 6. The van der Waals surface area contributed by atoms with Crippen LogP contribution in [-0.4, -0.2) is 23.0 Å². The summed E-state index contributed by atoms with van der Waals surface area (Å²) < 4.78 is 42.5. The first-order valence-electron chi connectivity index (χ1n) is 8.40. The lowest BCUT2D eigenvalue weighted by atomic mass is 9.87. The number of carbonyl (C=O) groups is 1. The average Bonchev–Trinajstić information content (AvgIpc) is 3.32. The molecular formula is C18H11Cl3F3NO3S. The number of alkyl halides is 3. The van der Waals surface area contributed by atoms with Crippen molar-refractivity contribution < 1.29 is 27.9 Å². The Bertz CT molecular complexity index is 1040. The molecule has 1 aliphatic heterocycles. The first-order valence-corrected chi connectivity index (χ1v) is 10.3. The summed E-state index contributed by atoms with van der Waals surface area (Å²) >= 11 is 18.7. The summed E-state index contributed by atoms with van der Waals surface area (Å²) in [6.07, 6.45) is -3.56. The Morgan fingerprint density at radius 2 is 1.79 bits per heavy atom. The molecule has 29 heavy (non-hydrogen) atoms. The highest BCUT2D eigenvalue weighted by Gasteiger charge is 2.62. The average molecular weight is 485 g/mol. The van der Waals surface area contributed by atoms with Crippen LogP contribution in [0.3, 0.4) is 0 Å². The fraction of sp³-hybridized carbons (Fsp3) is 0.333. The molecule has 2 heterocycles. The van der Waals surface area contributed by atoms with Crippen LogP contribution in [0, 0.1) is 0 Å². The summed E-state index contributed by atoms with van der Waals surface area (Å²) in [5, 5.41) is 12.8. The molecule has 0 spiro atoms. The quantitative estimate of drug-likeness (QED) is 0.508. The highest BCUT2D eigenvalue weighted by molar-refractivity contribution is 7.16. The van der Waals surface area contributed by atoms with E-state index in [0.717, 1.165) is 35.5 Å². The van der Waals surface area contributed by atoms with Gasteiger partial charge in [-0.25, -0.2) is 4.79 Å². The van der Waals surface area contributed by atoms with E-state index in [1.165, 1.54) is 0 Å². The van der Waals surface area contributed by atoms with Gasteiger partial charge in [0.2, 0.25) is 0 Å². The summed E-state index contributed by atoms with van der Waals surface area (Å²) in [6.45, 7) is 0. The van der Waals surface area contributed by atoms with Crippen LogP contribution in [0.1, 0.15) is 44.1 Å². The highest BCUT2D eigenvalue weighted by Crippen LogP contribution is 2.51. The number of rotatable bonds is 3. The van der Waals surface area contributed by atoms with Gasteiger partial charge in [0, 0.05) is 5.56 Å². The maximum Gasteiger partial charge on any atom is 0.435 e. The molecule has 11 heteroatoms. The van der Waals surface area contributed by atoms with E-state index in [9.17, 15) is 23.1 Å². The van der Waals surface area contributed by atoms with Crippen LogP contribution in [0.25, 0.3) is 0 Å². The van der Waals surface area contributed by atoms with E-state index in [1.807, 2.05) is 0 Å². The smallest absolute Gasteiger partial charge is 0.435 e. The van der Waals surface area contributed by atoms with Crippen molar-refractivity contribution in [3.05, 3.63) is 53.6 Å². The minimum atomic E-state index is -4.84. The van der Waals surface area contributed by atoms with Crippen molar-refractivity contribution in [2.45, 2.75) is 37.5 Å². The molecule has 2 aliphatic rings. The van der Waals surface area contributed by atoms with Gasteiger partial charge in [0.1, 0.15) is 10.6 Å². The molecule has 0 saturated heterocycles. The highest BCUT2D eigenvalue weighted by atomic mass is 35.5. The minimum Gasteiger partial charge on any atom is -0.477 e. The van der Waals surface area contributed by atoms with Crippen molar-refractivity contribution in [2.24, 2.45) is 5.16 Å². The second-order valence-corrected chi connectivity index (χ2v) is 8.97. The molecule has 0 fully saturated rings. The van der Waals surface area contributed by atoms with Gasteiger partial charge in [-0.3, -0.25) is 0 Å². The molecule has 1 N–H and O–H groups in total. The second-order valence-electron chi connectivity index (χ2n) is 6.76. The monoisotopic (exact) mass is 483 g/mol. The van der Waals surface area contributed by atoms with Crippen LogP contribution in [0.4, 0.5) is 13.2 Å². The first kappa shape index (κ1) is 20.8. The van der Waals surface area contributed by atoms with Crippen LogP contribution < -0.4 is 0 Å². The second kappa shape index (κ2) is 7.04. The molecule has 4 nitrogen and oxygen atoms in total. The fourth-order valence-corrected chi connectivity index (χ4v) is 5.50. The van der Waals surface area contributed by atoms with Crippen LogP contribution in [0.5, 0.6) is 0 Å². The van der Waals surface area contributed by atoms with Gasteiger partial charge in [0.25, 0.3) is 5.60 Å². The molecule has 0 amide bonds. The summed E-state index contributed by atoms with van der Waals surface area (Å²) in [5.74, 6) is -1.10. The van der Waals surface area contributed by atoms with E-state index in [0.29, 0.717) is 23.3 Å². The molecule has 0 radical (unpaired) electrons. The summed E-state index contributed by atoms with van der Waals surface area (Å²) in [7, 11) is 0. The first-order chi connectivity index (χ1) is 13.5. The summed E-state index contributed by atoms with van der Waals surface area (Å²) in [5.41, 5.74) is -1.66. The molecule has 1 aromatic carbocycles. The number of fused-ring (bicyclic) bond motifs is 1. The number of carboxylic acid groups (broad SMARTS) is 1. The van der Waals surface area contributed by atoms with E-state index in [2.05, 4.69) is 5.16 Å². The zero-order chi connectivity index (χ0) is 21.1. The number of benzene rings is 1. The van der Waals surface area contributed by atoms with Gasteiger partial charge in [-0.1, -0.05) is 40.0 Å². The molecule has 1 aromatic heterocycles. The zero-order valence-electron chi connectivity index (χ0n) is 14.4. The van der Waals surface area contributed by atoms with E-state index >= 15 is 0 Å². The Kier molecular flexibility index (Phi) is 5.05. The predicted octanol–water partition coefficient (Wildman–Crippen LogP) is 6.48. The molecule has 4 rings (SSSR count). The number of nitrogens with zero attached hydrogens (tertiary/aromatic N) is 1. The van der Waals surface area contributed by atoms with Crippen LogP contribution in [0.2, 0.25) is 15.1 Å². The Labute approximate surface area is 181 Å². The number of thiophene rings is 1. The third kappa shape index (κ3) is 3.21. The number of oxime groups is 1. The van der Waals surface area contributed by atoms with Gasteiger partial charge < -0.3 is 9.94 Å². The lowest BCUT2D eigenvalue weighted by Crippen LogP contribution is -2.42. The standard InChI is InChI=1S/C18H11Cl3F3NO3S/c19-10-4-7(5-11(20)13(10)21)17(18(22,23)24)6-12(25-28-17)14-8-2-1-3-9(8)15(29-14)16(26)27/h4-5H,1-3,6H2,(H,26,27). The molecule has 1 atom stereocenters. The van der Waals surface area contributed by atoms with Crippen molar-refractivity contribution >= 4 is 57.8 Å². The Morgan fingerprint density at radius 1 is 1.17 bits per heavy atom. The van der Waals surface area contributed by atoms with Crippen LogP contribution in [0.15, 0.2) is 17.3 Å². The van der Waals surface area contributed by atoms with Gasteiger partial charge in [0.15, 0.2) is 0 Å². The van der Waals surface area contributed by atoms with Crippen molar-refractivity contribution in [3.8, 4) is 0 Å². The fourth-order valence-electron chi connectivity index (χ4n) is 3.69. The molecule has 154 valence electrons. The van der Waals surface area contributed by atoms with Crippen molar-refractivity contribution in [1.82, 2.24) is 0 Å². The maximum atomic E-state index is 14.2. The number of hydrogen-bond donors (Lipinski definition) is 1. The van der Waals surface area contributed by atoms with E-state index < -0.39 is 24.2 Å². The van der Waals surface area contributed by atoms with Crippen molar-refractivity contribution in [1.29, 1.82) is 0 Å². The Morgan fingerprint density at radius 3 is 2.38 bits per heavy atom. The molecule has 0 bridgehead atoms. The topological polar surface area (TPSA) is 58.9 Å². The normalized spacial score (nSPS) is 21.1. The SMILES string of the molecule is O=C(O)c1sc(C2=NOC(c3cc(Cl)c(Cl)c(Cl)c3)(C(F)(F)F)C2)c2c1CCC2. The molecule has 2 aromatic rings. The van der Waals surface area contributed by atoms with Gasteiger partial charge in [-0.2, -0.15) is 13.2 Å². The number of hydrogen-bond acceptors (Lipinski definition) is 4. The third-order valence-corrected chi connectivity index (χ3v) is 7.57. The van der Waals surface area contributed by atoms with E-state index in [1.54, 1.807) is 0 Å². The van der Waals surface area contributed by atoms with Crippen molar-refractivity contribution in [3.63, 3.8) is 0 Å². The van der Waals surface area contributed by atoms with Gasteiger partial charge in [-0.15, -0.1) is 11.3 Å². The van der Waals surface area contributed by atoms with E-state index in [-0.39, 0.29) is 31.2 Å². The summed E-state index contributed by atoms with van der Waals surface area (Å²) in [6, 6.07) is 2.12. The lowest BCUT2D eigenvalue weighted by molar-refractivity contribution is -0.275.